The van der Waals surface area contributed by atoms with Crippen molar-refractivity contribution >= 4 is 23.7 Å². The lowest BCUT2D eigenvalue weighted by Crippen LogP contribution is -2.61. The number of aliphatic carboxylic acids is 1. The lowest BCUT2D eigenvalue weighted by atomic mass is 10.0. The Bertz CT molecular complexity index is 868. The number of carbonyl (C=O) groups excluding carboxylic acids is 3. The van der Waals surface area contributed by atoms with E-state index in [2.05, 4.69) is 21.3 Å². The molecule has 1 heterocycles. The maximum Gasteiger partial charge on any atom is 0.326 e. The zero-order chi connectivity index (χ0) is 25.4. The molecular weight excluding hydrogens is 448 g/mol. The summed E-state index contributed by atoms with van der Waals surface area (Å²) in [6.45, 7) is 3.18. The quantitative estimate of drug-likeness (QED) is 0.176. The lowest BCUT2D eigenvalue weighted by Gasteiger charge is -2.27. The highest BCUT2D eigenvalue weighted by atomic mass is 16.4. The Labute approximate surface area is 196 Å². The van der Waals surface area contributed by atoms with Crippen molar-refractivity contribution in [2.24, 2.45) is 0 Å². The molecule has 2 rings (SSSR count). The van der Waals surface area contributed by atoms with E-state index in [4.69, 9.17) is 0 Å². The van der Waals surface area contributed by atoms with Crippen molar-refractivity contribution in [2.75, 3.05) is 6.54 Å². The van der Waals surface area contributed by atoms with Crippen LogP contribution in [0.2, 0.25) is 0 Å². The Morgan fingerprint density at radius 3 is 2.03 bits per heavy atom. The van der Waals surface area contributed by atoms with E-state index >= 15 is 0 Å². The van der Waals surface area contributed by atoms with Gasteiger partial charge in [0.2, 0.25) is 17.7 Å². The van der Waals surface area contributed by atoms with Crippen molar-refractivity contribution in [3.8, 4) is 5.75 Å². The number of benzene rings is 1. The molecule has 0 spiro atoms. The Kier molecular flexibility index (Phi) is 9.78. The number of phenols is 1. The number of aliphatic hydroxyl groups excluding tert-OH is 2. The number of carbonyl (C=O) groups is 4. The highest BCUT2D eigenvalue weighted by Gasteiger charge is 2.35. The van der Waals surface area contributed by atoms with Gasteiger partial charge in [0, 0.05) is 6.42 Å². The first-order chi connectivity index (χ1) is 16.0. The Morgan fingerprint density at radius 2 is 1.53 bits per heavy atom. The van der Waals surface area contributed by atoms with Crippen LogP contribution in [0.3, 0.4) is 0 Å². The minimum absolute atomic E-state index is 0.0000108. The summed E-state index contributed by atoms with van der Waals surface area (Å²) in [6.07, 6.45) is -1.44. The monoisotopic (exact) mass is 480 g/mol. The number of amides is 3. The van der Waals surface area contributed by atoms with Gasteiger partial charge >= 0.3 is 5.97 Å². The van der Waals surface area contributed by atoms with E-state index in [0.29, 0.717) is 18.5 Å². The van der Waals surface area contributed by atoms with E-state index in [1.807, 2.05) is 0 Å². The molecule has 1 aromatic rings. The SMILES string of the molecule is CC(O)C(NC(=O)C1CCCN1)C(=O)NC(C(=O)NC(Cc1ccc(O)cc1)C(=O)O)C(C)O. The summed E-state index contributed by atoms with van der Waals surface area (Å²) in [4.78, 5) is 49.5. The van der Waals surface area contributed by atoms with Crippen molar-refractivity contribution in [3.63, 3.8) is 0 Å². The second-order valence-corrected chi connectivity index (χ2v) is 8.37. The molecule has 0 aromatic heterocycles. The highest BCUT2D eigenvalue weighted by Crippen LogP contribution is 2.12. The summed E-state index contributed by atoms with van der Waals surface area (Å²) in [5, 5.41) is 48.9. The molecule has 12 nitrogen and oxygen atoms in total. The van der Waals surface area contributed by atoms with Crippen molar-refractivity contribution in [3.05, 3.63) is 29.8 Å². The number of rotatable bonds is 11. The number of hydrogen-bond acceptors (Lipinski definition) is 8. The van der Waals surface area contributed by atoms with Gasteiger partial charge in [0.1, 0.15) is 23.9 Å². The molecule has 6 unspecified atom stereocenters. The number of carboxylic acid groups (broad SMARTS) is 1. The maximum absolute atomic E-state index is 12.8. The number of aromatic hydroxyl groups is 1. The molecule has 8 N–H and O–H groups in total. The number of phenolic OH excluding ortho intramolecular Hbond substituents is 1. The van der Waals surface area contributed by atoms with Gasteiger partial charge in [0.15, 0.2) is 0 Å². The van der Waals surface area contributed by atoms with Gasteiger partial charge in [-0.15, -0.1) is 0 Å². The molecule has 1 aliphatic heterocycles. The third-order valence-electron chi connectivity index (χ3n) is 5.49. The third kappa shape index (κ3) is 7.68. The third-order valence-corrected chi connectivity index (χ3v) is 5.49. The predicted molar refractivity (Wildman–Crippen MR) is 120 cm³/mol. The van der Waals surface area contributed by atoms with Crippen LogP contribution in [-0.2, 0) is 25.6 Å². The van der Waals surface area contributed by atoms with Crippen LogP contribution in [0.4, 0.5) is 0 Å². The van der Waals surface area contributed by atoms with Gasteiger partial charge < -0.3 is 41.7 Å². The summed E-state index contributed by atoms with van der Waals surface area (Å²) in [5.74, 6) is -3.68. The maximum atomic E-state index is 12.8. The standard InChI is InChI=1S/C22H32N4O8/c1-11(27)17(20(31)24-16(22(33)34)10-13-5-7-14(29)8-6-13)26-21(32)18(12(2)28)25-19(30)15-4-3-9-23-15/h5-8,11-12,15-18,23,27-29H,3-4,9-10H2,1-2H3,(H,24,31)(H,25,30)(H,26,32)(H,33,34). The van der Waals surface area contributed by atoms with Crippen molar-refractivity contribution in [2.45, 2.75) is 69.5 Å². The van der Waals surface area contributed by atoms with Gasteiger partial charge in [0.25, 0.3) is 0 Å². The first kappa shape index (κ1) is 27.0. The minimum Gasteiger partial charge on any atom is -0.508 e. The van der Waals surface area contributed by atoms with Crippen LogP contribution in [0.1, 0.15) is 32.3 Å². The van der Waals surface area contributed by atoms with Crippen LogP contribution in [0, 0.1) is 0 Å². The fraction of sp³-hybridized carbons (Fsp3) is 0.545. The van der Waals surface area contributed by atoms with Crippen LogP contribution in [0.5, 0.6) is 5.75 Å². The van der Waals surface area contributed by atoms with Crippen molar-refractivity contribution in [1.29, 1.82) is 0 Å². The zero-order valence-electron chi connectivity index (χ0n) is 19.0. The fourth-order valence-electron chi connectivity index (χ4n) is 3.54. The lowest BCUT2D eigenvalue weighted by molar-refractivity contribution is -0.143. The molecule has 1 aliphatic rings. The van der Waals surface area contributed by atoms with Crippen LogP contribution < -0.4 is 21.3 Å². The van der Waals surface area contributed by atoms with Crippen molar-refractivity contribution in [1.82, 2.24) is 21.3 Å². The predicted octanol–water partition coefficient (Wildman–Crippen LogP) is -2.01. The molecule has 0 bridgehead atoms. The Hall–Kier alpha value is -3.22. The highest BCUT2D eigenvalue weighted by molar-refractivity contribution is 5.94. The molecule has 0 aliphatic carbocycles. The summed E-state index contributed by atoms with van der Waals surface area (Å²) < 4.78 is 0. The average molecular weight is 481 g/mol. The summed E-state index contributed by atoms with van der Waals surface area (Å²) in [7, 11) is 0. The number of nitrogens with one attached hydrogen (secondary N) is 4. The van der Waals surface area contributed by atoms with Gasteiger partial charge in [-0.2, -0.15) is 0 Å². The topological polar surface area (TPSA) is 197 Å². The van der Waals surface area contributed by atoms with Gasteiger partial charge in [-0.25, -0.2) is 4.79 Å². The number of aliphatic hydroxyl groups is 2. The van der Waals surface area contributed by atoms with Crippen molar-refractivity contribution < 1.29 is 39.6 Å². The zero-order valence-corrected chi connectivity index (χ0v) is 19.0. The summed E-state index contributed by atoms with van der Waals surface area (Å²) in [5.41, 5.74) is 0.528. The Balaban J connectivity index is 2.07. The van der Waals surface area contributed by atoms with E-state index in [1.54, 1.807) is 0 Å². The van der Waals surface area contributed by atoms with Crippen LogP contribution >= 0.6 is 0 Å². The molecular formula is C22H32N4O8. The number of carboxylic acids is 1. The van der Waals surface area contributed by atoms with Gasteiger partial charge in [0.05, 0.1) is 18.2 Å². The van der Waals surface area contributed by atoms with Gasteiger partial charge in [-0.3, -0.25) is 14.4 Å². The second-order valence-electron chi connectivity index (χ2n) is 8.37. The average Bonchev–Trinajstić information content (AvgIpc) is 3.31. The molecule has 12 heteroatoms. The van der Waals surface area contributed by atoms with Crippen LogP contribution in [-0.4, -0.2) is 87.0 Å². The van der Waals surface area contributed by atoms with Gasteiger partial charge in [-0.1, -0.05) is 12.1 Å². The Morgan fingerprint density at radius 1 is 0.971 bits per heavy atom. The van der Waals surface area contributed by atoms with Crippen LogP contribution in [0.15, 0.2) is 24.3 Å². The number of hydrogen-bond donors (Lipinski definition) is 8. The smallest absolute Gasteiger partial charge is 0.326 e. The van der Waals surface area contributed by atoms with Gasteiger partial charge in [-0.05, 0) is 50.9 Å². The van der Waals surface area contributed by atoms with E-state index in [9.17, 15) is 39.6 Å². The van der Waals surface area contributed by atoms with E-state index < -0.39 is 60.1 Å². The van der Waals surface area contributed by atoms with Crippen LogP contribution in [0.25, 0.3) is 0 Å². The molecule has 1 aromatic carbocycles. The van der Waals surface area contributed by atoms with E-state index in [1.165, 1.54) is 38.1 Å². The molecule has 34 heavy (non-hydrogen) atoms. The minimum atomic E-state index is -1.54. The second kappa shape index (κ2) is 12.3. The summed E-state index contributed by atoms with van der Waals surface area (Å²) in [6, 6.07) is 0.937. The molecule has 0 saturated carbocycles. The molecule has 188 valence electrons. The first-order valence-corrected chi connectivity index (χ1v) is 11.0. The van der Waals surface area contributed by atoms with E-state index in [-0.39, 0.29) is 12.2 Å². The summed E-state index contributed by atoms with van der Waals surface area (Å²) >= 11 is 0. The fourth-order valence-corrected chi connectivity index (χ4v) is 3.54. The first-order valence-electron chi connectivity index (χ1n) is 11.0. The molecule has 6 atom stereocenters. The largest absolute Gasteiger partial charge is 0.508 e. The molecule has 0 radical (unpaired) electrons. The molecule has 1 fully saturated rings. The van der Waals surface area contributed by atoms with E-state index in [0.717, 1.165) is 6.42 Å². The molecule has 3 amide bonds. The normalized spacial score (nSPS) is 19.8. The molecule has 1 saturated heterocycles.